The summed E-state index contributed by atoms with van der Waals surface area (Å²) in [6.07, 6.45) is 90.6. The van der Waals surface area contributed by atoms with Crippen LogP contribution in [0.15, 0.2) is 109 Å². The molecule has 0 bridgehead atoms. The first-order chi connectivity index (χ1) is 41.0. The second kappa shape index (κ2) is 64.2. The van der Waals surface area contributed by atoms with Gasteiger partial charge in [0, 0.05) is 12.8 Å². The van der Waals surface area contributed by atoms with Gasteiger partial charge in [0.2, 0.25) is 0 Å². The number of quaternary nitrogens is 1. The third-order valence-corrected chi connectivity index (χ3v) is 15.8. The van der Waals surface area contributed by atoms with Crippen LogP contribution < -0.4 is 0 Å². The topological polar surface area (TPSA) is 108 Å². The number of phosphoric acid groups is 1. The summed E-state index contributed by atoms with van der Waals surface area (Å²) in [5, 5.41) is 0. The number of hydrogen-bond acceptors (Lipinski definition) is 7. The van der Waals surface area contributed by atoms with Gasteiger partial charge in [-0.2, -0.15) is 0 Å². The zero-order valence-electron chi connectivity index (χ0n) is 55.1. The fraction of sp³-hybridized carbons (Fsp3) is 0.730. The number of esters is 2. The molecule has 0 aromatic carbocycles. The molecule has 2 atom stereocenters. The summed E-state index contributed by atoms with van der Waals surface area (Å²) < 4.78 is 34.7. The highest BCUT2D eigenvalue weighted by Gasteiger charge is 2.27. The minimum absolute atomic E-state index is 0.0261. The smallest absolute Gasteiger partial charge is 0.462 e. The number of unbranched alkanes of at least 4 members (excludes halogenated alkanes) is 31. The molecular weight excluding hydrogens is 1060 g/mol. The molecule has 0 aliphatic carbocycles. The molecule has 0 heterocycles. The Balaban J connectivity index is 3.99. The molecule has 0 amide bonds. The van der Waals surface area contributed by atoms with Gasteiger partial charge in [-0.3, -0.25) is 18.6 Å². The highest BCUT2D eigenvalue weighted by Crippen LogP contribution is 2.43. The standard InChI is InChI=1S/C74H130NO8P/c1-6-8-10-12-14-16-18-20-22-24-26-28-30-31-32-33-34-35-36-37-38-39-40-41-42-43-45-46-48-50-52-54-56-58-60-62-64-66-73(76)80-70-72(71-82-84(78,79)81-69-68-75(3,4)5)83-74(77)67-65-63-61-59-57-55-53-51-49-47-44-29-27-25-23-21-19-17-15-13-11-9-7-2/h8-11,14-17,20-23,26-29,47,49,72H,6-7,12-13,18-19,24-25,30-46,48,50-71H2,1-5H3/p+1/b10-8-,11-9-,16-14-,17-15-,22-20-,23-21-,28-26-,29-27-,49-47-. The third kappa shape index (κ3) is 67.8. The molecule has 0 saturated carbocycles. The molecule has 84 heavy (non-hydrogen) atoms. The minimum atomic E-state index is -4.40. The molecule has 2 unspecified atom stereocenters. The van der Waals surface area contributed by atoms with E-state index in [2.05, 4.69) is 123 Å². The van der Waals surface area contributed by atoms with Crippen molar-refractivity contribution >= 4 is 19.8 Å². The van der Waals surface area contributed by atoms with E-state index in [0.29, 0.717) is 17.4 Å². The number of likely N-dealkylation sites (N-methyl/N-ethyl adjacent to an activating group) is 1. The van der Waals surface area contributed by atoms with Crippen molar-refractivity contribution in [3.05, 3.63) is 109 Å². The van der Waals surface area contributed by atoms with Gasteiger partial charge in [0.25, 0.3) is 0 Å². The molecule has 0 fully saturated rings. The van der Waals surface area contributed by atoms with E-state index in [0.717, 1.165) is 103 Å². The van der Waals surface area contributed by atoms with Crippen LogP contribution in [0.4, 0.5) is 0 Å². The SMILES string of the molecule is CC/C=C\C/C=C\C/C=C\C/C=C\C/C=C\CCCCCCCCCC(=O)OC(COC(=O)CCCCCCCCCCCCCCCCCCCCCCCCCC/C=C\C/C=C\C/C=C\C/C=C\CC)COP(=O)(O)OCC[N+](C)(C)C. The van der Waals surface area contributed by atoms with Gasteiger partial charge in [0.1, 0.15) is 19.8 Å². The predicted molar refractivity (Wildman–Crippen MR) is 362 cm³/mol. The molecule has 9 nitrogen and oxygen atoms in total. The van der Waals surface area contributed by atoms with Crippen molar-refractivity contribution in [2.24, 2.45) is 0 Å². The van der Waals surface area contributed by atoms with Crippen LogP contribution in [-0.2, 0) is 32.7 Å². The van der Waals surface area contributed by atoms with E-state index in [-0.39, 0.29) is 32.0 Å². The summed E-state index contributed by atoms with van der Waals surface area (Å²) in [6, 6.07) is 0. The number of rotatable bonds is 63. The van der Waals surface area contributed by atoms with E-state index in [1.807, 2.05) is 21.1 Å². The highest BCUT2D eigenvalue weighted by atomic mass is 31.2. The van der Waals surface area contributed by atoms with Gasteiger partial charge in [0.15, 0.2) is 6.10 Å². The van der Waals surface area contributed by atoms with E-state index < -0.39 is 26.5 Å². The fourth-order valence-corrected chi connectivity index (χ4v) is 10.3. The number of allylic oxidation sites excluding steroid dienone is 18. The monoisotopic (exact) mass is 1190 g/mol. The van der Waals surface area contributed by atoms with Gasteiger partial charge >= 0.3 is 19.8 Å². The summed E-state index contributed by atoms with van der Waals surface area (Å²) in [5.74, 6) is -0.804. The molecule has 0 saturated heterocycles. The largest absolute Gasteiger partial charge is 0.472 e. The molecule has 0 aromatic rings. The number of carbonyl (C=O) groups excluding carboxylic acids is 2. The van der Waals surface area contributed by atoms with E-state index >= 15 is 0 Å². The number of nitrogens with zero attached hydrogens (tertiary/aromatic N) is 1. The first-order valence-electron chi connectivity index (χ1n) is 34.6. The van der Waals surface area contributed by atoms with E-state index in [1.54, 1.807) is 0 Å². The zero-order chi connectivity index (χ0) is 61.2. The molecule has 0 rings (SSSR count). The lowest BCUT2D eigenvalue weighted by Crippen LogP contribution is -2.37. The van der Waals surface area contributed by atoms with Gasteiger partial charge in [-0.25, -0.2) is 4.57 Å². The Hall–Kier alpha value is -3.33. The van der Waals surface area contributed by atoms with Gasteiger partial charge in [-0.05, 0) is 96.3 Å². The van der Waals surface area contributed by atoms with E-state index in [9.17, 15) is 19.0 Å². The summed E-state index contributed by atoms with van der Waals surface area (Å²) in [7, 11) is 1.47. The number of carbonyl (C=O) groups is 2. The molecule has 0 spiro atoms. The van der Waals surface area contributed by atoms with Crippen LogP contribution in [0.25, 0.3) is 0 Å². The van der Waals surface area contributed by atoms with Crippen molar-refractivity contribution in [1.29, 1.82) is 0 Å². The number of hydrogen-bond donors (Lipinski definition) is 1. The van der Waals surface area contributed by atoms with Crippen molar-refractivity contribution in [1.82, 2.24) is 0 Å². The summed E-state index contributed by atoms with van der Waals surface area (Å²) >= 11 is 0. The maximum atomic E-state index is 12.9. The molecule has 1 N–H and O–H groups in total. The van der Waals surface area contributed by atoms with Gasteiger partial charge < -0.3 is 18.9 Å². The summed E-state index contributed by atoms with van der Waals surface area (Å²) in [6.45, 7) is 4.22. The van der Waals surface area contributed by atoms with E-state index in [1.165, 1.54) is 161 Å². The molecule has 0 aromatic heterocycles. The van der Waals surface area contributed by atoms with Crippen LogP contribution in [0.2, 0.25) is 0 Å². The Morgan fingerprint density at radius 2 is 0.643 bits per heavy atom. The Bertz CT molecular complexity index is 1790. The van der Waals surface area contributed by atoms with E-state index in [4.69, 9.17) is 18.5 Å². The quantitative estimate of drug-likeness (QED) is 0.0211. The van der Waals surface area contributed by atoms with Crippen LogP contribution in [0, 0.1) is 0 Å². The zero-order valence-corrected chi connectivity index (χ0v) is 56.0. The maximum Gasteiger partial charge on any atom is 0.472 e. The second-order valence-corrected chi connectivity index (χ2v) is 25.6. The molecule has 10 heteroatoms. The van der Waals surface area contributed by atoms with Crippen molar-refractivity contribution in [3.63, 3.8) is 0 Å². The van der Waals surface area contributed by atoms with Crippen molar-refractivity contribution in [2.75, 3.05) is 47.5 Å². The molecular formula is C74H131NO8P+. The van der Waals surface area contributed by atoms with Crippen LogP contribution >= 0.6 is 7.82 Å². The lowest BCUT2D eigenvalue weighted by molar-refractivity contribution is -0.870. The Morgan fingerprint density at radius 1 is 0.369 bits per heavy atom. The first-order valence-corrected chi connectivity index (χ1v) is 36.1. The fourth-order valence-electron chi connectivity index (χ4n) is 9.57. The minimum Gasteiger partial charge on any atom is -0.462 e. The Kier molecular flexibility index (Phi) is 61.6. The number of phosphoric ester groups is 1. The highest BCUT2D eigenvalue weighted by molar-refractivity contribution is 7.47. The van der Waals surface area contributed by atoms with Crippen LogP contribution in [-0.4, -0.2) is 74.9 Å². The Morgan fingerprint density at radius 3 is 0.952 bits per heavy atom. The molecule has 0 radical (unpaired) electrons. The molecule has 484 valence electrons. The molecule has 0 aliphatic heterocycles. The first kappa shape index (κ1) is 80.7. The average molecular weight is 1190 g/mol. The van der Waals surface area contributed by atoms with Crippen molar-refractivity contribution in [3.8, 4) is 0 Å². The van der Waals surface area contributed by atoms with Crippen molar-refractivity contribution < 1.29 is 42.1 Å². The van der Waals surface area contributed by atoms with Crippen molar-refractivity contribution in [2.45, 2.75) is 302 Å². The second-order valence-electron chi connectivity index (χ2n) is 24.2. The third-order valence-electron chi connectivity index (χ3n) is 14.8. The summed E-state index contributed by atoms with van der Waals surface area (Å²) in [5.41, 5.74) is 0. The van der Waals surface area contributed by atoms with Crippen LogP contribution in [0.3, 0.4) is 0 Å². The van der Waals surface area contributed by atoms with Gasteiger partial charge in [-0.15, -0.1) is 0 Å². The normalized spacial score (nSPS) is 13.8. The summed E-state index contributed by atoms with van der Waals surface area (Å²) in [4.78, 5) is 35.8. The van der Waals surface area contributed by atoms with Gasteiger partial charge in [-0.1, -0.05) is 297 Å². The maximum absolute atomic E-state index is 12.9. The Labute approximate surface area is 518 Å². The average Bonchev–Trinajstić information content (AvgIpc) is 3.61. The predicted octanol–water partition coefficient (Wildman–Crippen LogP) is 22.5. The van der Waals surface area contributed by atoms with Crippen LogP contribution in [0.1, 0.15) is 296 Å². The lowest BCUT2D eigenvalue weighted by atomic mass is 10.0. The molecule has 0 aliphatic rings. The lowest BCUT2D eigenvalue weighted by Gasteiger charge is -2.24. The van der Waals surface area contributed by atoms with Crippen LogP contribution in [0.5, 0.6) is 0 Å². The van der Waals surface area contributed by atoms with Gasteiger partial charge in [0.05, 0.1) is 27.7 Å². The number of ether oxygens (including phenoxy) is 2.